The Morgan fingerprint density at radius 2 is 2.16 bits per heavy atom. The summed E-state index contributed by atoms with van der Waals surface area (Å²) >= 11 is 2.48. The quantitative estimate of drug-likeness (QED) is 0.512. The molecular formula is C10H7N5O2S2. The van der Waals surface area contributed by atoms with E-state index < -0.39 is 0 Å². The first kappa shape index (κ1) is 13.3. The number of aromatic hydroxyl groups is 2. The van der Waals surface area contributed by atoms with Crippen molar-refractivity contribution in [2.45, 2.75) is 4.34 Å². The van der Waals surface area contributed by atoms with Gasteiger partial charge in [0.05, 0.1) is 0 Å². The van der Waals surface area contributed by atoms with E-state index >= 15 is 0 Å². The largest absolute Gasteiger partial charge is 0.508 e. The molecule has 0 unspecified atom stereocenters. The van der Waals surface area contributed by atoms with Crippen LogP contribution in [0.4, 0.5) is 10.8 Å². The second-order valence-corrected chi connectivity index (χ2v) is 5.30. The van der Waals surface area contributed by atoms with Gasteiger partial charge in [0.25, 0.3) is 11.0 Å². The predicted octanol–water partition coefficient (Wildman–Crippen LogP) is 3.33. The molecule has 9 heteroatoms. The molecule has 0 aliphatic rings. The lowest BCUT2D eigenvalue weighted by atomic mass is 10.3. The number of hydrogen-bond acceptors (Lipinski definition) is 8. The molecular weight excluding hydrogens is 286 g/mol. The van der Waals surface area contributed by atoms with Crippen LogP contribution in [0.2, 0.25) is 0 Å². The smallest absolute Gasteiger partial charge is 0.266 e. The molecule has 0 fully saturated rings. The van der Waals surface area contributed by atoms with Crippen molar-refractivity contribution in [1.29, 1.82) is 0 Å². The van der Waals surface area contributed by atoms with Crippen molar-refractivity contribution in [2.24, 2.45) is 10.2 Å². The fraction of sp³-hybridized carbons (Fsp3) is 0.100. The molecule has 1 aromatic heterocycles. The Hall–Kier alpha value is -2.18. The summed E-state index contributed by atoms with van der Waals surface area (Å²) in [4.78, 5) is 3.19. The molecule has 0 saturated carbocycles. The number of azo groups is 1. The van der Waals surface area contributed by atoms with Crippen molar-refractivity contribution in [3.05, 3.63) is 29.6 Å². The topological polar surface area (TPSA) is 95.3 Å². The number of thioether (sulfide) groups is 1. The maximum atomic E-state index is 9.51. The van der Waals surface area contributed by atoms with Gasteiger partial charge in [-0.05, 0) is 23.9 Å². The lowest BCUT2D eigenvalue weighted by molar-refractivity contribution is 0.451. The van der Waals surface area contributed by atoms with E-state index in [0.717, 1.165) is 0 Å². The third-order valence-electron chi connectivity index (χ3n) is 1.85. The molecule has 0 radical (unpaired) electrons. The molecule has 1 heterocycles. The molecule has 0 amide bonds. The Balaban J connectivity index is 2.10. The summed E-state index contributed by atoms with van der Waals surface area (Å²) in [6.07, 6.45) is 0. The van der Waals surface area contributed by atoms with Gasteiger partial charge in [0.2, 0.25) is 0 Å². The summed E-state index contributed by atoms with van der Waals surface area (Å²) in [5, 5.41) is 34.2. The van der Waals surface area contributed by atoms with Crippen LogP contribution in [-0.4, -0.2) is 26.3 Å². The molecule has 0 atom stereocenters. The highest BCUT2D eigenvalue weighted by molar-refractivity contribution is 8.01. The fourth-order valence-corrected chi connectivity index (χ4v) is 2.37. The number of benzene rings is 1. The van der Waals surface area contributed by atoms with E-state index in [2.05, 4.69) is 25.3 Å². The van der Waals surface area contributed by atoms with Gasteiger partial charge in [-0.1, -0.05) is 11.3 Å². The first-order chi connectivity index (χ1) is 9.19. The van der Waals surface area contributed by atoms with Gasteiger partial charge in [0.15, 0.2) is 4.34 Å². The average molecular weight is 293 g/mol. The highest BCUT2D eigenvalue weighted by Gasteiger charge is 2.06. The van der Waals surface area contributed by atoms with Gasteiger partial charge in [-0.25, -0.2) is 6.57 Å². The van der Waals surface area contributed by atoms with E-state index in [9.17, 15) is 5.11 Å². The number of rotatable bonds is 4. The fourth-order valence-electron chi connectivity index (χ4n) is 1.08. The summed E-state index contributed by atoms with van der Waals surface area (Å²) in [5.41, 5.74) is 0.225. The van der Waals surface area contributed by atoms with Crippen molar-refractivity contribution >= 4 is 33.9 Å². The normalized spacial score (nSPS) is 10.7. The Bertz CT molecular complexity index is 650. The van der Waals surface area contributed by atoms with Crippen LogP contribution in [0, 0.1) is 6.57 Å². The molecule has 2 rings (SSSR count). The van der Waals surface area contributed by atoms with Crippen LogP contribution in [0.25, 0.3) is 4.85 Å². The second kappa shape index (κ2) is 6.12. The summed E-state index contributed by atoms with van der Waals surface area (Å²) in [6.45, 7) is 6.66. The van der Waals surface area contributed by atoms with E-state index in [4.69, 9.17) is 11.7 Å². The molecule has 1 aromatic carbocycles. The van der Waals surface area contributed by atoms with Crippen LogP contribution in [0.5, 0.6) is 11.5 Å². The summed E-state index contributed by atoms with van der Waals surface area (Å²) in [6, 6.07) is 4.00. The van der Waals surface area contributed by atoms with Crippen LogP contribution >= 0.6 is 23.1 Å². The van der Waals surface area contributed by atoms with E-state index in [1.165, 1.54) is 41.3 Å². The number of hydrogen-bond donors (Lipinski definition) is 2. The maximum absolute atomic E-state index is 9.51. The number of phenolic OH excluding ortho intramolecular Hbond substituents is 2. The average Bonchev–Trinajstić information content (AvgIpc) is 2.83. The summed E-state index contributed by atoms with van der Waals surface area (Å²) < 4.78 is 0.639. The minimum Gasteiger partial charge on any atom is -0.508 e. The zero-order valence-electron chi connectivity index (χ0n) is 9.39. The molecule has 0 bridgehead atoms. The lowest BCUT2D eigenvalue weighted by Gasteiger charge is -1.96. The number of phenols is 2. The maximum Gasteiger partial charge on any atom is 0.266 e. The van der Waals surface area contributed by atoms with Crippen molar-refractivity contribution in [3.8, 4) is 11.5 Å². The number of nitrogens with zero attached hydrogens (tertiary/aromatic N) is 5. The van der Waals surface area contributed by atoms with E-state index in [1.54, 1.807) is 0 Å². The Labute approximate surface area is 116 Å². The zero-order chi connectivity index (χ0) is 13.7. The number of aromatic nitrogens is 2. The third-order valence-corrected chi connectivity index (χ3v) is 3.64. The second-order valence-electron chi connectivity index (χ2n) is 3.16. The zero-order valence-corrected chi connectivity index (χ0v) is 11.0. The molecule has 0 aliphatic heterocycles. The highest BCUT2D eigenvalue weighted by atomic mass is 32.2. The van der Waals surface area contributed by atoms with Crippen molar-refractivity contribution in [3.63, 3.8) is 0 Å². The Kier molecular flexibility index (Phi) is 4.27. The summed E-state index contributed by atoms with van der Waals surface area (Å²) in [7, 11) is 0. The van der Waals surface area contributed by atoms with E-state index in [-0.39, 0.29) is 23.1 Å². The highest BCUT2D eigenvalue weighted by Crippen LogP contribution is 2.32. The van der Waals surface area contributed by atoms with Crippen LogP contribution < -0.4 is 0 Å². The lowest BCUT2D eigenvalue weighted by Crippen LogP contribution is -1.70. The molecule has 19 heavy (non-hydrogen) atoms. The monoisotopic (exact) mass is 293 g/mol. The molecule has 0 saturated heterocycles. The first-order valence-electron chi connectivity index (χ1n) is 4.92. The molecule has 2 aromatic rings. The third kappa shape index (κ3) is 3.64. The van der Waals surface area contributed by atoms with Gasteiger partial charge in [-0.2, -0.15) is 0 Å². The molecule has 7 nitrogen and oxygen atoms in total. The van der Waals surface area contributed by atoms with Crippen LogP contribution in [0.3, 0.4) is 0 Å². The van der Waals surface area contributed by atoms with Crippen molar-refractivity contribution < 1.29 is 10.2 Å². The Morgan fingerprint density at radius 1 is 1.32 bits per heavy atom. The van der Waals surface area contributed by atoms with Gasteiger partial charge < -0.3 is 15.1 Å². The van der Waals surface area contributed by atoms with E-state index in [0.29, 0.717) is 9.47 Å². The van der Waals surface area contributed by atoms with Crippen molar-refractivity contribution in [1.82, 2.24) is 10.2 Å². The SMILES string of the molecule is [C-]#[N+]CSc1nnc(N=Nc2ccc(O)cc2O)s1. The standard InChI is InChI=1S/C10H7N5O2S2/c1-11-5-18-10-15-14-9(19-10)13-12-7-3-2-6(16)4-8(7)17/h2-4,16-17H,5H2. The van der Waals surface area contributed by atoms with E-state index in [1.807, 2.05) is 0 Å². The first-order valence-corrected chi connectivity index (χ1v) is 6.72. The van der Waals surface area contributed by atoms with Crippen LogP contribution in [0.15, 0.2) is 32.8 Å². The van der Waals surface area contributed by atoms with Gasteiger partial charge >= 0.3 is 0 Å². The van der Waals surface area contributed by atoms with Crippen molar-refractivity contribution in [2.75, 3.05) is 5.88 Å². The van der Waals surface area contributed by atoms with Gasteiger partial charge in [0.1, 0.15) is 17.2 Å². The van der Waals surface area contributed by atoms with Gasteiger partial charge in [0, 0.05) is 6.07 Å². The molecule has 96 valence electrons. The molecule has 0 aliphatic carbocycles. The minimum absolute atomic E-state index is 0.0507. The van der Waals surface area contributed by atoms with Gasteiger partial charge in [-0.3, -0.25) is 0 Å². The summed E-state index contributed by atoms with van der Waals surface area (Å²) in [5.74, 6) is 0.0610. The Morgan fingerprint density at radius 3 is 2.89 bits per heavy atom. The minimum atomic E-state index is -0.170. The van der Waals surface area contributed by atoms with Gasteiger partial charge in [-0.15, -0.1) is 20.4 Å². The molecule has 2 N–H and O–H groups in total. The van der Waals surface area contributed by atoms with Crippen LogP contribution in [-0.2, 0) is 0 Å². The van der Waals surface area contributed by atoms with Crippen LogP contribution in [0.1, 0.15) is 0 Å². The molecule has 0 spiro atoms. The predicted molar refractivity (Wildman–Crippen MR) is 71.2 cm³/mol.